The maximum Gasteiger partial charge on any atom is 0.258 e. The molecule has 3 atom stereocenters. The standard InChI is InChI=1S/C29H43N5O7/c1-20-28(40)34-11-3-7-24(34)27(39)32-23(17-36)26(38)30-19-29(8-12-33(13-9-29)10-4-14-35)16-21-5-2-6-22(15-21)41-18-25(37)31-20/h2,5-6,15,20,23-24,35-36H,3-4,7-14,16-19H2,1H3,(H,30,38)(H,31,37)(H,32,39)/t20-,23-,24-/m0/s1. The monoisotopic (exact) mass is 573 g/mol. The van der Waals surface area contributed by atoms with Crippen LogP contribution in [0.5, 0.6) is 5.75 Å². The van der Waals surface area contributed by atoms with Crippen molar-refractivity contribution in [2.75, 3.05) is 52.5 Å². The summed E-state index contributed by atoms with van der Waals surface area (Å²) in [6.07, 6.45) is 4.00. The van der Waals surface area contributed by atoms with E-state index >= 15 is 0 Å². The molecule has 0 aromatic heterocycles. The summed E-state index contributed by atoms with van der Waals surface area (Å²) in [4.78, 5) is 55.8. The first-order valence-corrected chi connectivity index (χ1v) is 14.6. The lowest BCUT2D eigenvalue weighted by molar-refractivity contribution is -0.142. The molecule has 2 bridgehead atoms. The predicted octanol–water partition coefficient (Wildman–Crippen LogP) is -0.825. The maximum absolute atomic E-state index is 13.2. The third-order valence-corrected chi connectivity index (χ3v) is 8.44. The quantitative estimate of drug-likeness (QED) is 0.312. The Morgan fingerprint density at radius 1 is 1.05 bits per heavy atom. The van der Waals surface area contributed by atoms with E-state index in [1.165, 1.54) is 4.90 Å². The lowest BCUT2D eigenvalue weighted by atomic mass is 9.73. The van der Waals surface area contributed by atoms with Gasteiger partial charge in [0, 0.05) is 26.2 Å². The largest absolute Gasteiger partial charge is 0.484 e. The molecule has 2 saturated heterocycles. The summed E-state index contributed by atoms with van der Waals surface area (Å²) in [5.41, 5.74) is 0.716. The molecule has 1 spiro atoms. The second-order valence-electron chi connectivity index (χ2n) is 11.5. The van der Waals surface area contributed by atoms with E-state index in [9.17, 15) is 29.4 Å². The lowest BCUT2D eigenvalue weighted by Gasteiger charge is -2.42. The number of piperidine rings is 1. The van der Waals surface area contributed by atoms with E-state index in [4.69, 9.17) is 4.74 Å². The first kappa shape index (κ1) is 30.7. The Bertz CT molecular complexity index is 1090. The van der Waals surface area contributed by atoms with Gasteiger partial charge in [-0.3, -0.25) is 19.2 Å². The maximum atomic E-state index is 13.2. The number of fused-ring (bicyclic) bond motifs is 3. The Hall–Kier alpha value is -3.22. The molecule has 3 aliphatic rings. The molecular formula is C29H43N5O7. The first-order chi connectivity index (χ1) is 19.7. The second kappa shape index (κ2) is 14.1. The van der Waals surface area contributed by atoms with Crippen LogP contribution >= 0.6 is 0 Å². The van der Waals surface area contributed by atoms with Gasteiger partial charge in [0.25, 0.3) is 5.91 Å². The van der Waals surface area contributed by atoms with Crippen LogP contribution in [-0.4, -0.2) is 114 Å². The number of nitrogens with one attached hydrogen (secondary N) is 3. The molecule has 1 aromatic carbocycles. The van der Waals surface area contributed by atoms with Crippen LogP contribution in [0.4, 0.5) is 0 Å². The minimum atomic E-state index is -1.15. The number of amides is 4. The molecule has 226 valence electrons. The molecule has 2 fully saturated rings. The Morgan fingerprint density at radius 2 is 1.83 bits per heavy atom. The molecule has 0 saturated carbocycles. The molecule has 3 aliphatic heterocycles. The number of carbonyl (C=O) groups excluding carboxylic acids is 4. The Labute approximate surface area is 240 Å². The minimum Gasteiger partial charge on any atom is -0.484 e. The number of aliphatic hydroxyl groups is 2. The number of rotatable bonds is 4. The number of carbonyl (C=O) groups is 4. The van der Waals surface area contributed by atoms with Gasteiger partial charge in [-0.15, -0.1) is 0 Å². The van der Waals surface area contributed by atoms with Crippen molar-refractivity contribution in [2.24, 2.45) is 5.41 Å². The zero-order valence-corrected chi connectivity index (χ0v) is 23.8. The van der Waals surface area contributed by atoms with Gasteiger partial charge in [-0.25, -0.2) is 0 Å². The fraction of sp³-hybridized carbons (Fsp3) is 0.655. The molecule has 0 radical (unpaired) electrons. The summed E-state index contributed by atoms with van der Waals surface area (Å²) >= 11 is 0. The van der Waals surface area contributed by atoms with Crippen molar-refractivity contribution in [3.63, 3.8) is 0 Å². The molecule has 3 heterocycles. The van der Waals surface area contributed by atoms with E-state index in [-0.39, 0.29) is 18.6 Å². The smallest absolute Gasteiger partial charge is 0.258 e. The van der Waals surface area contributed by atoms with Crippen LogP contribution in [0.2, 0.25) is 0 Å². The molecule has 0 unspecified atom stereocenters. The highest BCUT2D eigenvalue weighted by atomic mass is 16.5. The SMILES string of the molecule is C[C@@H]1NC(=O)COc2cccc(c2)CC2(CCN(CCCO)CC2)CNC(=O)[C@H](CO)NC(=O)[C@@H]2CCCN2C1=O. The number of ether oxygens (including phenoxy) is 1. The summed E-state index contributed by atoms with van der Waals surface area (Å²) in [6, 6.07) is 4.71. The molecule has 41 heavy (non-hydrogen) atoms. The van der Waals surface area contributed by atoms with Gasteiger partial charge in [-0.1, -0.05) is 12.1 Å². The highest BCUT2D eigenvalue weighted by Gasteiger charge is 2.39. The van der Waals surface area contributed by atoms with E-state index in [0.717, 1.165) is 38.0 Å². The summed E-state index contributed by atoms with van der Waals surface area (Å²) in [7, 11) is 0. The van der Waals surface area contributed by atoms with Crippen LogP contribution in [0.25, 0.3) is 0 Å². The van der Waals surface area contributed by atoms with E-state index in [2.05, 4.69) is 20.9 Å². The molecular weight excluding hydrogens is 530 g/mol. The zero-order valence-electron chi connectivity index (χ0n) is 23.8. The number of nitrogens with zero attached hydrogens (tertiary/aromatic N) is 2. The van der Waals surface area contributed by atoms with E-state index in [0.29, 0.717) is 44.5 Å². The summed E-state index contributed by atoms with van der Waals surface area (Å²) in [6.45, 7) is 4.02. The van der Waals surface area contributed by atoms with Crippen LogP contribution in [0, 0.1) is 5.41 Å². The van der Waals surface area contributed by atoms with Crippen LogP contribution in [-0.2, 0) is 25.6 Å². The minimum absolute atomic E-state index is 0.141. The molecule has 1 aromatic rings. The van der Waals surface area contributed by atoms with Crippen molar-refractivity contribution in [2.45, 2.75) is 63.6 Å². The van der Waals surface area contributed by atoms with Crippen LogP contribution in [0.3, 0.4) is 0 Å². The summed E-state index contributed by atoms with van der Waals surface area (Å²) < 4.78 is 5.76. The Morgan fingerprint density at radius 3 is 2.56 bits per heavy atom. The fourth-order valence-electron chi connectivity index (χ4n) is 6.05. The van der Waals surface area contributed by atoms with Gasteiger partial charge in [0.15, 0.2) is 6.61 Å². The van der Waals surface area contributed by atoms with Crippen molar-refractivity contribution in [3.8, 4) is 5.75 Å². The summed E-state index contributed by atoms with van der Waals surface area (Å²) in [5, 5.41) is 27.5. The first-order valence-electron chi connectivity index (χ1n) is 14.6. The molecule has 4 rings (SSSR count). The van der Waals surface area contributed by atoms with E-state index in [1.54, 1.807) is 13.0 Å². The van der Waals surface area contributed by atoms with Crippen molar-refractivity contribution < 1.29 is 34.1 Å². The van der Waals surface area contributed by atoms with Crippen molar-refractivity contribution in [1.29, 1.82) is 0 Å². The van der Waals surface area contributed by atoms with Crippen molar-refractivity contribution in [1.82, 2.24) is 25.8 Å². The average molecular weight is 574 g/mol. The highest BCUT2D eigenvalue weighted by Crippen LogP contribution is 2.35. The van der Waals surface area contributed by atoms with Crippen LogP contribution in [0.15, 0.2) is 24.3 Å². The predicted molar refractivity (Wildman–Crippen MR) is 150 cm³/mol. The van der Waals surface area contributed by atoms with Crippen LogP contribution < -0.4 is 20.7 Å². The Balaban J connectivity index is 1.57. The molecule has 5 N–H and O–H groups in total. The second-order valence-corrected chi connectivity index (χ2v) is 11.5. The van der Waals surface area contributed by atoms with E-state index < -0.39 is 48.4 Å². The average Bonchev–Trinajstić information content (AvgIpc) is 3.47. The van der Waals surface area contributed by atoms with E-state index in [1.807, 2.05) is 18.2 Å². The number of hydrogen-bond acceptors (Lipinski definition) is 8. The molecule has 12 heteroatoms. The molecule has 12 nitrogen and oxygen atoms in total. The number of aliphatic hydroxyl groups excluding tert-OH is 2. The van der Waals surface area contributed by atoms with Gasteiger partial charge in [0.05, 0.1) is 6.61 Å². The van der Waals surface area contributed by atoms with Gasteiger partial charge in [-0.2, -0.15) is 0 Å². The zero-order chi connectivity index (χ0) is 29.4. The van der Waals surface area contributed by atoms with Crippen LogP contribution in [0.1, 0.15) is 44.6 Å². The number of hydrogen-bond donors (Lipinski definition) is 5. The third-order valence-electron chi connectivity index (χ3n) is 8.44. The van der Waals surface area contributed by atoms with Gasteiger partial charge in [0.1, 0.15) is 23.9 Å². The topological polar surface area (TPSA) is 161 Å². The molecule has 0 aliphatic carbocycles. The fourth-order valence-corrected chi connectivity index (χ4v) is 6.05. The van der Waals surface area contributed by atoms with Gasteiger partial charge in [-0.05, 0) is 81.6 Å². The summed E-state index contributed by atoms with van der Waals surface area (Å²) in [5.74, 6) is -1.30. The van der Waals surface area contributed by atoms with Crippen molar-refractivity contribution in [3.05, 3.63) is 29.8 Å². The van der Waals surface area contributed by atoms with Crippen molar-refractivity contribution >= 4 is 23.6 Å². The van der Waals surface area contributed by atoms with Gasteiger partial charge in [0.2, 0.25) is 17.7 Å². The highest BCUT2D eigenvalue weighted by molar-refractivity contribution is 5.94. The van der Waals surface area contributed by atoms with Gasteiger partial charge < -0.3 is 40.7 Å². The Kier molecular flexibility index (Phi) is 10.6. The normalized spacial score (nSPS) is 26.6. The number of benzene rings is 1. The number of likely N-dealkylation sites (tertiary alicyclic amines) is 1. The third kappa shape index (κ3) is 7.96. The van der Waals surface area contributed by atoms with Gasteiger partial charge >= 0.3 is 0 Å². The molecule has 4 amide bonds. The lowest BCUT2D eigenvalue weighted by Crippen LogP contribution is -2.57.